The van der Waals surface area contributed by atoms with E-state index in [0.717, 1.165) is 11.1 Å². The number of hydrogen-bond acceptors (Lipinski definition) is 4. The molecule has 2 rings (SSSR count). The van der Waals surface area contributed by atoms with Crippen LogP contribution in [0.4, 0.5) is 16.2 Å². The van der Waals surface area contributed by atoms with Gasteiger partial charge in [0.05, 0.1) is 5.71 Å². The summed E-state index contributed by atoms with van der Waals surface area (Å²) in [6, 6.07) is 14.3. The number of nitrogens with two attached hydrogens (primary N) is 4. The second-order valence-corrected chi connectivity index (χ2v) is 6.66. The number of hydrogen-bond donors (Lipinski definition) is 6. The third kappa shape index (κ3) is 7.15. The van der Waals surface area contributed by atoms with Gasteiger partial charge in [-0.3, -0.25) is 4.99 Å². The van der Waals surface area contributed by atoms with Crippen molar-refractivity contribution in [1.29, 1.82) is 0 Å². The van der Waals surface area contributed by atoms with Crippen molar-refractivity contribution in [3.05, 3.63) is 59.7 Å². The standard InChI is InChI=1S/C20H27N9O/c1-12(11-25-18(21)22)14-3-7-16(8-4-14)26-20(30)27-17-9-5-15(6-10-17)13(2)28-29-19(23)24/h3-10,12H,11H2,1-2H3,(H4,21,22,25)(H4,23,24,29)(H2,26,27,30)/b28-13+. The summed E-state index contributed by atoms with van der Waals surface area (Å²) in [6.07, 6.45) is 0. The van der Waals surface area contributed by atoms with Crippen molar-refractivity contribution in [2.75, 3.05) is 17.2 Å². The van der Waals surface area contributed by atoms with Gasteiger partial charge < -0.3 is 33.6 Å². The van der Waals surface area contributed by atoms with Gasteiger partial charge in [0.15, 0.2) is 5.96 Å². The quantitative estimate of drug-likeness (QED) is 0.231. The molecule has 30 heavy (non-hydrogen) atoms. The van der Waals surface area contributed by atoms with E-state index in [4.69, 9.17) is 22.9 Å². The molecule has 0 saturated heterocycles. The molecule has 2 aromatic carbocycles. The van der Waals surface area contributed by atoms with Gasteiger partial charge in [0.2, 0.25) is 5.96 Å². The van der Waals surface area contributed by atoms with Gasteiger partial charge in [0, 0.05) is 23.8 Å². The van der Waals surface area contributed by atoms with E-state index in [2.05, 4.69) is 25.8 Å². The van der Waals surface area contributed by atoms with E-state index in [-0.39, 0.29) is 23.9 Å². The number of nitrogens with one attached hydrogen (secondary N) is 2. The van der Waals surface area contributed by atoms with Crippen molar-refractivity contribution in [2.45, 2.75) is 19.8 Å². The van der Waals surface area contributed by atoms with E-state index in [9.17, 15) is 4.79 Å². The first-order chi connectivity index (χ1) is 14.2. The lowest BCUT2D eigenvalue weighted by molar-refractivity contribution is 0.262. The van der Waals surface area contributed by atoms with Crippen LogP contribution in [0, 0.1) is 0 Å². The maximum Gasteiger partial charge on any atom is 0.323 e. The molecule has 0 spiro atoms. The highest BCUT2D eigenvalue weighted by molar-refractivity contribution is 6.01. The van der Waals surface area contributed by atoms with Gasteiger partial charge in [-0.1, -0.05) is 31.2 Å². The molecule has 0 radical (unpaired) electrons. The Bertz CT molecular complexity index is 939. The zero-order valence-electron chi connectivity index (χ0n) is 17.0. The minimum Gasteiger partial charge on any atom is -0.370 e. The highest BCUT2D eigenvalue weighted by Crippen LogP contribution is 2.19. The number of urea groups is 1. The van der Waals surface area contributed by atoms with Gasteiger partial charge in [-0.05, 0) is 42.3 Å². The number of carbonyl (C=O) groups is 1. The molecule has 0 aliphatic carbocycles. The molecule has 0 fully saturated rings. The SMILES string of the molecule is C/C(=N\N=C(N)N)c1ccc(NC(=O)Nc2ccc(C(C)CN=C(N)N)cc2)cc1. The number of amides is 2. The van der Waals surface area contributed by atoms with Crippen molar-refractivity contribution in [2.24, 2.45) is 38.1 Å². The molecule has 10 heteroatoms. The van der Waals surface area contributed by atoms with Gasteiger partial charge in [0.25, 0.3) is 0 Å². The van der Waals surface area contributed by atoms with Crippen LogP contribution in [-0.2, 0) is 0 Å². The van der Waals surface area contributed by atoms with E-state index in [1.807, 2.05) is 43.3 Å². The molecule has 2 amide bonds. The predicted octanol–water partition coefficient (Wildman–Crippen LogP) is 1.70. The van der Waals surface area contributed by atoms with Crippen LogP contribution in [-0.4, -0.2) is 30.2 Å². The second kappa shape index (κ2) is 10.5. The summed E-state index contributed by atoms with van der Waals surface area (Å²) in [5.74, 6) is 0.120. The Hall–Kier alpha value is -4.08. The van der Waals surface area contributed by atoms with Crippen LogP contribution in [0.1, 0.15) is 30.9 Å². The number of aliphatic imine (C=N–C) groups is 1. The zero-order valence-corrected chi connectivity index (χ0v) is 17.0. The zero-order chi connectivity index (χ0) is 22.1. The number of rotatable bonds is 7. The number of guanidine groups is 2. The molecular formula is C20H27N9O. The molecule has 10 nitrogen and oxygen atoms in total. The number of nitrogens with zero attached hydrogens (tertiary/aromatic N) is 3. The Kier molecular flexibility index (Phi) is 7.74. The molecule has 2 aromatic rings. The van der Waals surface area contributed by atoms with Crippen LogP contribution in [0.2, 0.25) is 0 Å². The number of benzene rings is 2. The fraction of sp³-hybridized carbons (Fsp3) is 0.200. The first-order valence-corrected chi connectivity index (χ1v) is 9.21. The minimum atomic E-state index is -0.352. The van der Waals surface area contributed by atoms with Crippen molar-refractivity contribution in [1.82, 2.24) is 0 Å². The average Bonchev–Trinajstić information content (AvgIpc) is 2.71. The molecule has 158 valence electrons. The summed E-state index contributed by atoms with van der Waals surface area (Å²) in [7, 11) is 0. The van der Waals surface area contributed by atoms with E-state index >= 15 is 0 Å². The summed E-state index contributed by atoms with van der Waals surface area (Å²) >= 11 is 0. The molecule has 0 saturated carbocycles. The smallest absolute Gasteiger partial charge is 0.323 e. The van der Waals surface area contributed by atoms with Crippen LogP contribution >= 0.6 is 0 Å². The van der Waals surface area contributed by atoms with Crippen molar-refractivity contribution in [3.63, 3.8) is 0 Å². The number of anilines is 2. The van der Waals surface area contributed by atoms with Crippen LogP contribution in [0.25, 0.3) is 0 Å². The fourth-order valence-electron chi connectivity index (χ4n) is 2.52. The Morgan fingerprint density at radius 3 is 1.90 bits per heavy atom. The molecule has 1 atom stereocenters. The Morgan fingerprint density at radius 2 is 1.40 bits per heavy atom. The highest BCUT2D eigenvalue weighted by Gasteiger charge is 2.07. The summed E-state index contributed by atoms with van der Waals surface area (Å²) in [6.45, 7) is 4.31. The van der Waals surface area contributed by atoms with E-state index < -0.39 is 0 Å². The van der Waals surface area contributed by atoms with Crippen LogP contribution in [0.15, 0.2) is 63.7 Å². The van der Waals surface area contributed by atoms with Gasteiger partial charge >= 0.3 is 6.03 Å². The Labute approximate surface area is 175 Å². The monoisotopic (exact) mass is 409 g/mol. The number of carbonyl (C=O) groups excluding carboxylic acids is 1. The first kappa shape index (κ1) is 22.2. The first-order valence-electron chi connectivity index (χ1n) is 9.21. The van der Waals surface area contributed by atoms with Gasteiger partial charge in [-0.15, -0.1) is 5.10 Å². The highest BCUT2D eigenvalue weighted by atomic mass is 16.2. The molecule has 0 aliphatic rings. The van der Waals surface area contributed by atoms with E-state index in [0.29, 0.717) is 23.6 Å². The molecule has 0 aromatic heterocycles. The molecule has 0 aliphatic heterocycles. The Morgan fingerprint density at radius 1 is 0.867 bits per heavy atom. The van der Waals surface area contributed by atoms with Gasteiger partial charge in [0.1, 0.15) is 0 Å². The van der Waals surface area contributed by atoms with Gasteiger partial charge in [-0.25, -0.2) is 4.79 Å². The van der Waals surface area contributed by atoms with Crippen molar-refractivity contribution >= 4 is 35.0 Å². The molecule has 1 unspecified atom stereocenters. The molecular weight excluding hydrogens is 382 g/mol. The topological polar surface area (TPSA) is 182 Å². The van der Waals surface area contributed by atoms with Crippen LogP contribution in [0.5, 0.6) is 0 Å². The van der Waals surface area contributed by atoms with Crippen LogP contribution in [0.3, 0.4) is 0 Å². The summed E-state index contributed by atoms with van der Waals surface area (Å²) < 4.78 is 0. The normalized spacial score (nSPS) is 11.9. The lowest BCUT2D eigenvalue weighted by atomic mass is 10.0. The molecule has 0 bridgehead atoms. The van der Waals surface area contributed by atoms with Crippen LogP contribution < -0.4 is 33.6 Å². The maximum absolute atomic E-state index is 12.2. The predicted molar refractivity (Wildman–Crippen MR) is 123 cm³/mol. The van der Waals surface area contributed by atoms with Gasteiger partial charge in [-0.2, -0.15) is 5.10 Å². The largest absolute Gasteiger partial charge is 0.370 e. The van der Waals surface area contributed by atoms with Crippen molar-refractivity contribution in [3.8, 4) is 0 Å². The second-order valence-electron chi connectivity index (χ2n) is 6.66. The third-order valence-corrected chi connectivity index (χ3v) is 4.16. The lowest BCUT2D eigenvalue weighted by Gasteiger charge is -2.12. The summed E-state index contributed by atoms with van der Waals surface area (Å²) in [5.41, 5.74) is 25.1. The van der Waals surface area contributed by atoms with E-state index in [1.165, 1.54) is 0 Å². The van der Waals surface area contributed by atoms with Crippen molar-refractivity contribution < 1.29 is 4.79 Å². The average molecular weight is 409 g/mol. The molecule has 10 N–H and O–H groups in total. The minimum absolute atomic E-state index is 0.0704. The van der Waals surface area contributed by atoms with E-state index in [1.54, 1.807) is 19.1 Å². The summed E-state index contributed by atoms with van der Waals surface area (Å²) in [4.78, 5) is 16.3. The third-order valence-electron chi connectivity index (χ3n) is 4.16. The summed E-state index contributed by atoms with van der Waals surface area (Å²) in [5, 5.41) is 13.1. The fourth-order valence-corrected chi connectivity index (χ4v) is 2.52. The Balaban J connectivity index is 1.93. The lowest BCUT2D eigenvalue weighted by Crippen LogP contribution is -2.23. The molecule has 0 heterocycles. The maximum atomic E-state index is 12.2.